The molecular weight excluding hydrogens is 200 g/mol. The van der Waals surface area contributed by atoms with E-state index >= 15 is 0 Å². The molecule has 0 amide bonds. The molecule has 0 spiro atoms. The van der Waals surface area contributed by atoms with Gasteiger partial charge in [0.2, 0.25) is 0 Å². The maximum Gasteiger partial charge on any atom is 0.0594 e. The SMILES string of the molecule is CCC(C)(C(NC)C1CC1)N1CCOCC1. The van der Waals surface area contributed by atoms with Crippen LogP contribution in [0.25, 0.3) is 0 Å². The van der Waals surface area contributed by atoms with E-state index in [0.717, 1.165) is 32.2 Å². The van der Waals surface area contributed by atoms with Crippen LogP contribution >= 0.6 is 0 Å². The Kier molecular flexibility index (Phi) is 3.88. The molecule has 1 aliphatic heterocycles. The standard InChI is InChI=1S/C13H26N2O/c1-4-13(2,12(14-3)11-5-6-11)15-7-9-16-10-8-15/h11-12,14H,4-10H2,1-3H3. The molecule has 1 saturated heterocycles. The van der Waals surface area contributed by atoms with E-state index in [0.29, 0.717) is 11.6 Å². The van der Waals surface area contributed by atoms with Gasteiger partial charge in [-0.05, 0) is 39.2 Å². The summed E-state index contributed by atoms with van der Waals surface area (Å²) < 4.78 is 5.47. The third-order valence-electron chi connectivity index (χ3n) is 4.52. The number of nitrogens with one attached hydrogen (secondary N) is 1. The second-order valence-electron chi connectivity index (χ2n) is 5.41. The zero-order chi connectivity index (χ0) is 11.6. The summed E-state index contributed by atoms with van der Waals surface area (Å²) in [5.41, 5.74) is 0.305. The highest BCUT2D eigenvalue weighted by atomic mass is 16.5. The lowest BCUT2D eigenvalue weighted by molar-refractivity contribution is -0.0344. The summed E-state index contributed by atoms with van der Waals surface area (Å²) >= 11 is 0. The molecule has 94 valence electrons. The van der Waals surface area contributed by atoms with Gasteiger partial charge in [0.1, 0.15) is 0 Å². The lowest BCUT2D eigenvalue weighted by Gasteiger charge is -2.48. The first-order chi connectivity index (χ1) is 7.72. The minimum atomic E-state index is 0.305. The Labute approximate surface area is 99.5 Å². The second-order valence-corrected chi connectivity index (χ2v) is 5.41. The fourth-order valence-corrected chi connectivity index (χ4v) is 3.20. The Morgan fingerprint density at radius 1 is 1.38 bits per heavy atom. The van der Waals surface area contributed by atoms with Gasteiger partial charge in [0, 0.05) is 24.7 Å². The van der Waals surface area contributed by atoms with Crippen molar-refractivity contribution in [2.24, 2.45) is 5.92 Å². The predicted octanol–water partition coefficient (Wildman–Crippen LogP) is 1.49. The molecule has 0 aromatic carbocycles. The van der Waals surface area contributed by atoms with Crippen molar-refractivity contribution in [1.82, 2.24) is 10.2 Å². The van der Waals surface area contributed by atoms with E-state index in [9.17, 15) is 0 Å². The quantitative estimate of drug-likeness (QED) is 0.768. The minimum Gasteiger partial charge on any atom is -0.379 e. The first kappa shape index (κ1) is 12.3. The molecule has 2 unspecified atom stereocenters. The van der Waals surface area contributed by atoms with E-state index < -0.39 is 0 Å². The summed E-state index contributed by atoms with van der Waals surface area (Å²) in [6.45, 7) is 8.73. The Balaban J connectivity index is 2.08. The van der Waals surface area contributed by atoms with E-state index in [1.807, 2.05) is 0 Å². The molecule has 16 heavy (non-hydrogen) atoms. The zero-order valence-electron chi connectivity index (χ0n) is 11.0. The number of likely N-dealkylation sites (N-methyl/N-ethyl adjacent to an activating group) is 1. The van der Waals surface area contributed by atoms with E-state index in [1.165, 1.54) is 19.3 Å². The highest BCUT2D eigenvalue weighted by Gasteiger charge is 2.45. The summed E-state index contributed by atoms with van der Waals surface area (Å²) in [5.74, 6) is 0.901. The number of hydrogen-bond acceptors (Lipinski definition) is 3. The molecular formula is C13H26N2O. The van der Waals surface area contributed by atoms with Gasteiger partial charge in [0.15, 0.2) is 0 Å². The van der Waals surface area contributed by atoms with Crippen LogP contribution in [0.4, 0.5) is 0 Å². The first-order valence-electron chi connectivity index (χ1n) is 6.72. The van der Waals surface area contributed by atoms with Crippen molar-refractivity contribution in [1.29, 1.82) is 0 Å². The molecule has 3 heteroatoms. The molecule has 1 saturated carbocycles. The van der Waals surface area contributed by atoms with Gasteiger partial charge in [-0.15, -0.1) is 0 Å². The molecule has 1 aliphatic carbocycles. The number of nitrogens with zero attached hydrogens (tertiary/aromatic N) is 1. The molecule has 2 rings (SSSR count). The van der Waals surface area contributed by atoms with E-state index in [2.05, 4.69) is 31.1 Å². The number of ether oxygens (including phenoxy) is 1. The lowest BCUT2D eigenvalue weighted by atomic mass is 9.84. The van der Waals surface area contributed by atoms with Gasteiger partial charge < -0.3 is 10.1 Å². The van der Waals surface area contributed by atoms with Crippen LogP contribution in [0.1, 0.15) is 33.1 Å². The first-order valence-corrected chi connectivity index (χ1v) is 6.72. The van der Waals surface area contributed by atoms with Gasteiger partial charge in [0.05, 0.1) is 13.2 Å². The molecule has 2 fully saturated rings. The Morgan fingerprint density at radius 2 is 2.00 bits per heavy atom. The predicted molar refractivity (Wildman–Crippen MR) is 66.7 cm³/mol. The molecule has 2 aliphatic rings. The molecule has 0 aromatic rings. The van der Waals surface area contributed by atoms with Crippen molar-refractivity contribution in [3.8, 4) is 0 Å². The maximum absolute atomic E-state index is 5.47. The normalized spacial score (nSPS) is 28.7. The van der Waals surface area contributed by atoms with Crippen molar-refractivity contribution in [2.75, 3.05) is 33.4 Å². The topological polar surface area (TPSA) is 24.5 Å². The van der Waals surface area contributed by atoms with Crippen molar-refractivity contribution in [3.05, 3.63) is 0 Å². The Hall–Kier alpha value is -0.120. The molecule has 2 atom stereocenters. The van der Waals surface area contributed by atoms with Gasteiger partial charge in [-0.2, -0.15) is 0 Å². The van der Waals surface area contributed by atoms with Crippen LogP contribution in [-0.2, 0) is 4.74 Å². The van der Waals surface area contributed by atoms with E-state index in [4.69, 9.17) is 4.74 Å². The number of rotatable bonds is 5. The monoisotopic (exact) mass is 226 g/mol. The lowest BCUT2D eigenvalue weighted by Crippen LogP contribution is -2.62. The molecule has 0 aromatic heterocycles. The van der Waals surface area contributed by atoms with Crippen LogP contribution in [0, 0.1) is 5.92 Å². The maximum atomic E-state index is 5.47. The zero-order valence-corrected chi connectivity index (χ0v) is 11.0. The second kappa shape index (κ2) is 5.03. The van der Waals surface area contributed by atoms with Gasteiger partial charge in [-0.25, -0.2) is 0 Å². The molecule has 0 bridgehead atoms. The summed E-state index contributed by atoms with van der Waals surface area (Å²) in [6, 6.07) is 0.649. The molecule has 1 heterocycles. The van der Waals surface area contributed by atoms with Gasteiger partial charge in [-0.1, -0.05) is 6.92 Å². The fraction of sp³-hybridized carbons (Fsp3) is 1.00. The molecule has 1 N–H and O–H groups in total. The summed E-state index contributed by atoms with van der Waals surface area (Å²) in [5, 5.41) is 3.57. The molecule has 3 nitrogen and oxygen atoms in total. The van der Waals surface area contributed by atoms with Gasteiger partial charge >= 0.3 is 0 Å². The van der Waals surface area contributed by atoms with Gasteiger partial charge in [0.25, 0.3) is 0 Å². The highest BCUT2D eigenvalue weighted by Crippen LogP contribution is 2.40. The number of hydrogen-bond donors (Lipinski definition) is 1. The third kappa shape index (κ3) is 2.27. The van der Waals surface area contributed by atoms with Crippen LogP contribution in [0.2, 0.25) is 0 Å². The van der Waals surface area contributed by atoms with Crippen molar-refractivity contribution in [3.63, 3.8) is 0 Å². The average Bonchev–Trinajstić information content (AvgIpc) is 3.15. The fourth-order valence-electron chi connectivity index (χ4n) is 3.20. The van der Waals surface area contributed by atoms with Crippen LogP contribution in [0.3, 0.4) is 0 Å². The van der Waals surface area contributed by atoms with Crippen LogP contribution in [0.5, 0.6) is 0 Å². The van der Waals surface area contributed by atoms with Crippen molar-refractivity contribution in [2.45, 2.75) is 44.7 Å². The van der Waals surface area contributed by atoms with E-state index in [-0.39, 0.29) is 0 Å². The smallest absolute Gasteiger partial charge is 0.0594 e. The van der Waals surface area contributed by atoms with E-state index in [1.54, 1.807) is 0 Å². The number of morpholine rings is 1. The average molecular weight is 226 g/mol. The van der Waals surface area contributed by atoms with Crippen LogP contribution in [0.15, 0.2) is 0 Å². The Morgan fingerprint density at radius 3 is 2.44 bits per heavy atom. The third-order valence-corrected chi connectivity index (χ3v) is 4.52. The van der Waals surface area contributed by atoms with Crippen molar-refractivity contribution >= 4 is 0 Å². The minimum absolute atomic E-state index is 0.305. The summed E-state index contributed by atoms with van der Waals surface area (Å²) in [7, 11) is 2.12. The molecule has 0 radical (unpaired) electrons. The summed E-state index contributed by atoms with van der Waals surface area (Å²) in [4.78, 5) is 2.63. The van der Waals surface area contributed by atoms with Gasteiger partial charge in [-0.3, -0.25) is 4.90 Å². The summed E-state index contributed by atoms with van der Waals surface area (Å²) in [6.07, 6.45) is 4.03. The van der Waals surface area contributed by atoms with Crippen LogP contribution < -0.4 is 5.32 Å². The largest absolute Gasteiger partial charge is 0.379 e. The Bertz CT molecular complexity index is 224. The highest BCUT2D eigenvalue weighted by molar-refractivity contribution is 5.03. The van der Waals surface area contributed by atoms with Crippen molar-refractivity contribution < 1.29 is 4.74 Å². The van der Waals surface area contributed by atoms with Crippen LogP contribution in [-0.4, -0.2) is 49.8 Å².